The molecule has 0 aliphatic heterocycles. The number of benzene rings is 2. The quantitative estimate of drug-likeness (QED) is 0.467. The Morgan fingerprint density at radius 3 is 2.63 bits per heavy atom. The molecule has 96 valence electrons. The van der Waals surface area contributed by atoms with Crippen LogP contribution in [0.4, 0.5) is 5.69 Å². The standard InChI is InChI=1S/C15H14N2O2/c18-17(19)15-8-4-7-14(11-15)12-16-10-9-13-5-2-1-3-6-13/h1-8,11-12H,9-10H2. The monoisotopic (exact) mass is 254 g/mol. The van der Waals surface area contributed by atoms with E-state index in [1.807, 2.05) is 18.2 Å². The molecule has 0 fully saturated rings. The van der Waals surface area contributed by atoms with Gasteiger partial charge in [-0.3, -0.25) is 15.1 Å². The van der Waals surface area contributed by atoms with Crippen molar-refractivity contribution in [3.63, 3.8) is 0 Å². The summed E-state index contributed by atoms with van der Waals surface area (Å²) in [5, 5.41) is 10.6. The molecule has 0 saturated carbocycles. The number of nitro benzene ring substituents is 1. The lowest BCUT2D eigenvalue weighted by Gasteiger charge is -1.97. The number of nitrogens with zero attached hydrogens (tertiary/aromatic N) is 2. The van der Waals surface area contributed by atoms with Crippen molar-refractivity contribution in [2.24, 2.45) is 4.99 Å². The van der Waals surface area contributed by atoms with Crippen LogP contribution in [0.3, 0.4) is 0 Å². The van der Waals surface area contributed by atoms with E-state index in [1.165, 1.54) is 17.7 Å². The Bertz CT molecular complexity index is 580. The molecule has 0 atom stereocenters. The zero-order chi connectivity index (χ0) is 13.5. The molecular formula is C15H14N2O2. The molecule has 0 aromatic heterocycles. The molecule has 0 saturated heterocycles. The van der Waals surface area contributed by atoms with E-state index >= 15 is 0 Å². The van der Waals surface area contributed by atoms with E-state index in [0.29, 0.717) is 6.54 Å². The third-order valence-electron chi connectivity index (χ3n) is 2.69. The summed E-state index contributed by atoms with van der Waals surface area (Å²) >= 11 is 0. The SMILES string of the molecule is O=[N+]([O-])c1cccc(C=NCCc2ccccc2)c1. The molecular weight excluding hydrogens is 240 g/mol. The lowest BCUT2D eigenvalue weighted by molar-refractivity contribution is -0.384. The molecule has 0 heterocycles. The van der Waals surface area contributed by atoms with E-state index in [-0.39, 0.29) is 5.69 Å². The van der Waals surface area contributed by atoms with Crippen LogP contribution in [0.15, 0.2) is 59.6 Å². The fourth-order valence-corrected chi connectivity index (χ4v) is 1.73. The normalized spacial score (nSPS) is 10.7. The molecule has 2 aromatic carbocycles. The molecule has 0 aliphatic carbocycles. The third kappa shape index (κ3) is 4.03. The predicted molar refractivity (Wildman–Crippen MR) is 75.7 cm³/mol. The van der Waals surface area contributed by atoms with E-state index in [9.17, 15) is 10.1 Å². The maximum absolute atomic E-state index is 10.6. The van der Waals surface area contributed by atoms with Gasteiger partial charge in [0.2, 0.25) is 0 Å². The van der Waals surface area contributed by atoms with Crippen LogP contribution in [-0.2, 0) is 6.42 Å². The summed E-state index contributed by atoms with van der Waals surface area (Å²) in [6.07, 6.45) is 2.54. The average molecular weight is 254 g/mol. The Balaban J connectivity index is 1.92. The van der Waals surface area contributed by atoms with Crippen LogP contribution in [0, 0.1) is 10.1 Å². The zero-order valence-corrected chi connectivity index (χ0v) is 10.4. The molecule has 2 rings (SSSR count). The minimum absolute atomic E-state index is 0.0898. The van der Waals surface area contributed by atoms with Crippen LogP contribution in [0.5, 0.6) is 0 Å². The van der Waals surface area contributed by atoms with Crippen molar-refractivity contribution in [3.05, 3.63) is 75.8 Å². The number of non-ortho nitro benzene ring substituents is 1. The molecule has 4 nitrogen and oxygen atoms in total. The highest BCUT2D eigenvalue weighted by atomic mass is 16.6. The molecule has 0 bridgehead atoms. The average Bonchev–Trinajstić information content (AvgIpc) is 2.45. The molecule has 0 radical (unpaired) electrons. The van der Waals surface area contributed by atoms with Crippen LogP contribution in [0.1, 0.15) is 11.1 Å². The topological polar surface area (TPSA) is 55.5 Å². The fraction of sp³-hybridized carbons (Fsp3) is 0.133. The lowest BCUT2D eigenvalue weighted by atomic mass is 10.1. The van der Waals surface area contributed by atoms with Gasteiger partial charge in [0, 0.05) is 24.9 Å². The second-order valence-corrected chi connectivity index (χ2v) is 4.12. The van der Waals surface area contributed by atoms with Crippen LogP contribution < -0.4 is 0 Å². The first-order chi connectivity index (χ1) is 9.25. The predicted octanol–water partition coefficient (Wildman–Crippen LogP) is 3.26. The number of hydrogen-bond donors (Lipinski definition) is 0. The van der Waals surface area contributed by atoms with Gasteiger partial charge < -0.3 is 0 Å². The van der Waals surface area contributed by atoms with E-state index in [4.69, 9.17) is 0 Å². The zero-order valence-electron chi connectivity index (χ0n) is 10.4. The summed E-state index contributed by atoms with van der Waals surface area (Å²) in [5.41, 5.74) is 2.08. The van der Waals surface area contributed by atoms with Crippen molar-refractivity contribution < 1.29 is 4.92 Å². The maximum Gasteiger partial charge on any atom is 0.270 e. The summed E-state index contributed by atoms with van der Waals surface area (Å²) in [7, 11) is 0. The Morgan fingerprint density at radius 1 is 1.11 bits per heavy atom. The Hall–Kier alpha value is -2.49. The summed E-state index contributed by atoms with van der Waals surface area (Å²) in [6, 6.07) is 16.6. The highest BCUT2D eigenvalue weighted by Crippen LogP contribution is 2.11. The van der Waals surface area contributed by atoms with Crippen LogP contribution in [0.2, 0.25) is 0 Å². The molecule has 0 aliphatic rings. The van der Waals surface area contributed by atoms with Gasteiger partial charge in [0.1, 0.15) is 0 Å². The molecule has 19 heavy (non-hydrogen) atoms. The summed E-state index contributed by atoms with van der Waals surface area (Å²) in [4.78, 5) is 14.5. The van der Waals surface area contributed by atoms with Crippen molar-refractivity contribution in [2.75, 3.05) is 6.54 Å². The molecule has 0 amide bonds. The minimum Gasteiger partial charge on any atom is -0.292 e. The highest BCUT2D eigenvalue weighted by molar-refractivity contribution is 5.80. The first kappa shape index (κ1) is 13.0. The van der Waals surface area contributed by atoms with Gasteiger partial charge in [-0.1, -0.05) is 42.5 Å². The number of nitro groups is 1. The van der Waals surface area contributed by atoms with Gasteiger partial charge in [-0.2, -0.15) is 0 Å². The number of rotatable bonds is 5. The highest BCUT2D eigenvalue weighted by Gasteiger charge is 2.03. The first-order valence-electron chi connectivity index (χ1n) is 6.04. The van der Waals surface area contributed by atoms with Crippen LogP contribution in [-0.4, -0.2) is 17.7 Å². The fourth-order valence-electron chi connectivity index (χ4n) is 1.73. The summed E-state index contributed by atoms with van der Waals surface area (Å²) in [6.45, 7) is 0.673. The van der Waals surface area contributed by atoms with E-state index in [1.54, 1.807) is 18.3 Å². The maximum atomic E-state index is 10.6. The van der Waals surface area contributed by atoms with Crippen molar-refractivity contribution >= 4 is 11.9 Å². The van der Waals surface area contributed by atoms with Crippen molar-refractivity contribution in [1.82, 2.24) is 0 Å². The second-order valence-electron chi connectivity index (χ2n) is 4.12. The number of aliphatic imine (C=N–C) groups is 1. The Labute approximate surface area is 111 Å². The van der Waals surface area contributed by atoms with Gasteiger partial charge >= 0.3 is 0 Å². The first-order valence-corrected chi connectivity index (χ1v) is 6.04. The Kier molecular flexibility index (Phi) is 4.39. The van der Waals surface area contributed by atoms with Crippen LogP contribution in [0.25, 0.3) is 0 Å². The van der Waals surface area contributed by atoms with Crippen molar-refractivity contribution in [3.8, 4) is 0 Å². The summed E-state index contributed by atoms with van der Waals surface area (Å²) < 4.78 is 0. The van der Waals surface area contributed by atoms with Crippen molar-refractivity contribution in [1.29, 1.82) is 0 Å². The lowest BCUT2D eigenvalue weighted by Crippen LogP contribution is -1.92. The van der Waals surface area contributed by atoms with Gasteiger partial charge in [0.25, 0.3) is 5.69 Å². The second kappa shape index (κ2) is 6.44. The molecule has 0 spiro atoms. The Morgan fingerprint density at radius 2 is 1.89 bits per heavy atom. The largest absolute Gasteiger partial charge is 0.292 e. The van der Waals surface area contributed by atoms with Gasteiger partial charge in [-0.15, -0.1) is 0 Å². The van der Waals surface area contributed by atoms with Crippen molar-refractivity contribution in [2.45, 2.75) is 6.42 Å². The number of hydrogen-bond acceptors (Lipinski definition) is 3. The van der Waals surface area contributed by atoms with E-state index < -0.39 is 4.92 Å². The summed E-state index contributed by atoms with van der Waals surface area (Å²) in [5.74, 6) is 0. The molecule has 0 N–H and O–H groups in total. The van der Waals surface area contributed by atoms with Gasteiger partial charge in [-0.25, -0.2) is 0 Å². The van der Waals surface area contributed by atoms with Gasteiger partial charge in [0.05, 0.1) is 4.92 Å². The minimum atomic E-state index is -0.401. The van der Waals surface area contributed by atoms with E-state index in [0.717, 1.165) is 12.0 Å². The van der Waals surface area contributed by atoms with Crippen LogP contribution >= 0.6 is 0 Å². The molecule has 0 unspecified atom stereocenters. The molecule has 4 heteroatoms. The van der Waals surface area contributed by atoms with Gasteiger partial charge in [0.15, 0.2) is 0 Å². The molecule has 2 aromatic rings. The smallest absolute Gasteiger partial charge is 0.270 e. The van der Waals surface area contributed by atoms with Gasteiger partial charge in [-0.05, 0) is 17.5 Å². The van der Waals surface area contributed by atoms with E-state index in [2.05, 4.69) is 17.1 Å². The third-order valence-corrected chi connectivity index (χ3v) is 2.69.